The van der Waals surface area contributed by atoms with E-state index in [-0.39, 0.29) is 0 Å². The first-order valence-corrected chi connectivity index (χ1v) is 8.70. The number of methoxy groups -OCH3 is 1. The summed E-state index contributed by atoms with van der Waals surface area (Å²) in [6.45, 7) is 9.35. The molecule has 0 aromatic carbocycles. The van der Waals surface area contributed by atoms with Crippen LogP contribution in [0.4, 0.5) is 0 Å². The van der Waals surface area contributed by atoms with Crippen molar-refractivity contribution in [3.05, 3.63) is 0 Å². The standard InChI is InChI=1S/C17H34N2O/c1-3-18-14-17(9-5-4-6-10-17)15-19-11-7-8-16(12-19)13-20-2/h16,18H,3-15H2,1-2H3. The largest absolute Gasteiger partial charge is 0.384 e. The van der Waals surface area contributed by atoms with Gasteiger partial charge >= 0.3 is 0 Å². The summed E-state index contributed by atoms with van der Waals surface area (Å²) in [5.41, 5.74) is 0.545. The van der Waals surface area contributed by atoms with Gasteiger partial charge < -0.3 is 15.0 Å². The predicted molar refractivity (Wildman–Crippen MR) is 85.1 cm³/mol. The molecule has 0 radical (unpaired) electrons. The molecule has 1 heterocycles. The molecule has 1 saturated carbocycles. The SMILES string of the molecule is CCNCC1(CN2CCCC(COC)C2)CCCCC1. The van der Waals surface area contributed by atoms with Crippen LogP contribution in [-0.4, -0.2) is 51.3 Å². The highest BCUT2D eigenvalue weighted by molar-refractivity contribution is 4.89. The predicted octanol–water partition coefficient (Wildman–Crippen LogP) is 2.90. The highest BCUT2D eigenvalue weighted by atomic mass is 16.5. The van der Waals surface area contributed by atoms with E-state index in [0.717, 1.165) is 19.1 Å². The topological polar surface area (TPSA) is 24.5 Å². The Bertz CT molecular complexity index is 262. The molecule has 1 atom stereocenters. The van der Waals surface area contributed by atoms with Crippen molar-refractivity contribution in [3.63, 3.8) is 0 Å². The highest BCUT2D eigenvalue weighted by Crippen LogP contribution is 2.37. The lowest BCUT2D eigenvalue weighted by molar-refractivity contribution is 0.0477. The minimum Gasteiger partial charge on any atom is -0.384 e. The number of hydrogen-bond donors (Lipinski definition) is 1. The van der Waals surface area contributed by atoms with E-state index in [1.54, 1.807) is 0 Å². The lowest BCUT2D eigenvalue weighted by Crippen LogP contribution is -2.48. The van der Waals surface area contributed by atoms with E-state index < -0.39 is 0 Å². The van der Waals surface area contributed by atoms with E-state index >= 15 is 0 Å². The van der Waals surface area contributed by atoms with Crippen molar-refractivity contribution in [1.82, 2.24) is 10.2 Å². The number of nitrogens with one attached hydrogen (secondary N) is 1. The molecule has 0 aromatic heterocycles. The molecule has 0 spiro atoms. The molecule has 2 fully saturated rings. The molecule has 0 aromatic rings. The van der Waals surface area contributed by atoms with Gasteiger partial charge in [-0.3, -0.25) is 0 Å². The van der Waals surface area contributed by atoms with E-state index in [0.29, 0.717) is 5.41 Å². The van der Waals surface area contributed by atoms with Gasteiger partial charge in [0, 0.05) is 26.7 Å². The third-order valence-electron chi connectivity index (χ3n) is 5.23. The van der Waals surface area contributed by atoms with Crippen molar-refractivity contribution in [3.8, 4) is 0 Å². The maximum Gasteiger partial charge on any atom is 0.0502 e. The van der Waals surface area contributed by atoms with Crippen LogP contribution in [0.25, 0.3) is 0 Å². The molecular formula is C17H34N2O. The van der Waals surface area contributed by atoms with Crippen molar-refractivity contribution in [2.75, 3.05) is 46.4 Å². The average molecular weight is 282 g/mol. The Balaban J connectivity index is 1.89. The second-order valence-electron chi connectivity index (χ2n) is 7.04. The van der Waals surface area contributed by atoms with Gasteiger partial charge in [-0.05, 0) is 50.1 Å². The molecular weight excluding hydrogens is 248 g/mol. The first kappa shape index (κ1) is 16.3. The minimum atomic E-state index is 0.545. The van der Waals surface area contributed by atoms with Crippen LogP contribution in [0.15, 0.2) is 0 Å². The Labute approximate surface area is 125 Å². The first-order chi connectivity index (χ1) is 9.78. The van der Waals surface area contributed by atoms with E-state index in [2.05, 4.69) is 17.1 Å². The van der Waals surface area contributed by atoms with Crippen LogP contribution in [0.3, 0.4) is 0 Å². The highest BCUT2D eigenvalue weighted by Gasteiger charge is 2.34. The molecule has 1 N–H and O–H groups in total. The Kier molecular flexibility index (Phi) is 6.79. The van der Waals surface area contributed by atoms with Crippen molar-refractivity contribution >= 4 is 0 Å². The fourth-order valence-electron chi connectivity index (χ4n) is 4.22. The molecule has 1 unspecified atom stereocenters. The summed E-state index contributed by atoms with van der Waals surface area (Å²) in [6, 6.07) is 0. The lowest BCUT2D eigenvalue weighted by Gasteiger charge is -2.43. The molecule has 1 saturated heterocycles. The van der Waals surface area contributed by atoms with Crippen LogP contribution < -0.4 is 5.32 Å². The third-order valence-corrected chi connectivity index (χ3v) is 5.23. The summed E-state index contributed by atoms with van der Waals surface area (Å²) in [5.74, 6) is 0.758. The summed E-state index contributed by atoms with van der Waals surface area (Å²) in [6.07, 6.45) is 9.86. The third kappa shape index (κ3) is 4.71. The Morgan fingerprint density at radius 1 is 1.20 bits per heavy atom. The van der Waals surface area contributed by atoms with Crippen LogP contribution in [0, 0.1) is 11.3 Å². The van der Waals surface area contributed by atoms with E-state index in [1.165, 1.54) is 71.1 Å². The van der Waals surface area contributed by atoms with Crippen molar-refractivity contribution < 1.29 is 4.74 Å². The van der Waals surface area contributed by atoms with Crippen LogP contribution in [0.5, 0.6) is 0 Å². The second-order valence-corrected chi connectivity index (χ2v) is 7.04. The van der Waals surface area contributed by atoms with Crippen molar-refractivity contribution in [2.45, 2.75) is 51.9 Å². The van der Waals surface area contributed by atoms with Crippen molar-refractivity contribution in [1.29, 1.82) is 0 Å². The van der Waals surface area contributed by atoms with Crippen LogP contribution in [0.2, 0.25) is 0 Å². The lowest BCUT2D eigenvalue weighted by atomic mass is 9.73. The minimum absolute atomic E-state index is 0.545. The quantitative estimate of drug-likeness (QED) is 0.777. The maximum absolute atomic E-state index is 5.37. The van der Waals surface area contributed by atoms with E-state index in [4.69, 9.17) is 4.74 Å². The number of rotatable bonds is 7. The summed E-state index contributed by atoms with van der Waals surface area (Å²) < 4.78 is 5.37. The van der Waals surface area contributed by atoms with Crippen LogP contribution in [-0.2, 0) is 4.74 Å². The second kappa shape index (κ2) is 8.35. The molecule has 118 valence electrons. The van der Waals surface area contributed by atoms with Crippen molar-refractivity contribution in [2.24, 2.45) is 11.3 Å². The molecule has 0 amide bonds. The summed E-state index contributed by atoms with van der Waals surface area (Å²) in [4.78, 5) is 2.73. The fraction of sp³-hybridized carbons (Fsp3) is 1.00. The first-order valence-electron chi connectivity index (χ1n) is 8.70. The van der Waals surface area contributed by atoms with E-state index in [9.17, 15) is 0 Å². The molecule has 3 nitrogen and oxygen atoms in total. The maximum atomic E-state index is 5.37. The molecule has 2 aliphatic rings. The Morgan fingerprint density at radius 2 is 2.00 bits per heavy atom. The monoisotopic (exact) mass is 282 g/mol. The molecule has 3 heteroatoms. The molecule has 2 rings (SSSR count). The zero-order valence-corrected chi connectivity index (χ0v) is 13.6. The zero-order valence-electron chi connectivity index (χ0n) is 13.6. The number of likely N-dealkylation sites (tertiary alicyclic amines) is 1. The van der Waals surface area contributed by atoms with Gasteiger partial charge in [0.1, 0.15) is 0 Å². The van der Waals surface area contributed by atoms with Gasteiger partial charge in [-0.2, -0.15) is 0 Å². The summed E-state index contributed by atoms with van der Waals surface area (Å²) in [5, 5.41) is 3.63. The van der Waals surface area contributed by atoms with Gasteiger partial charge in [-0.25, -0.2) is 0 Å². The number of hydrogen-bond acceptors (Lipinski definition) is 3. The van der Waals surface area contributed by atoms with Gasteiger partial charge in [0.2, 0.25) is 0 Å². The summed E-state index contributed by atoms with van der Waals surface area (Å²) >= 11 is 0. The van der Waals surface area contributed by atoms with Crippen LogP contribution in [0.1, 0.15) is 51.9 Å². The molecule has 0 bridgehead atoms. The van der Waals surface area contributed by atoms with Gasteiger partial charge in [0.05, 0.1) is 6.61 Å². The fourth-order valence-corrected chi connectivity index (χ4v) is 4.22. The zero-order chi connectivity index (χ0) is 14.3. The van der Waals surface area contributed by atoms with E-state index in [1.807, 2.05) is 7.11 Å². The average Bonchev–Trinajstić information content (AvgIpc) is 2.47. The van der Waals surface area contributed by atoms with Gasteiger partial charge in [-0.1, -0.05) is 26.2 Å². The Morgan fingerprint density at radius 3 is 2.70 bits per heavy atom. The Hall–Kier alpha value is -0.120. The number of piperidine rings is 1. The molecule has 1 aliphatic heterocycles. The molecule has 1 aliphatic carbocycles. The van der Waals surface area contributed by atoms with Gasteiger partial charge in [-0.15, -0.1) is 0 Å². The number of nitrogens with zero attached hydrogens (tertiary/aromatic N) is 1. The molecule has 20 heavy (non-hydrogen) atoms. The van der Waals surface area contributed by atoms with Gasteiger partial charge in [0.25, 0.3) is 0 Å². The smallest absolute Gasteiger partial charge is 0.0502 e. The normalized spacial score (nSPS) is 27.6. The summed E-state index contributed by atoms with van der Waals surface area (Å²) in [7, 11) is 1.84. The van der Waals surface area contributed by atoms with Crippen LogP contribution >= 0.6 is 0 Å². The number of ether oxygens (including phenoxy) is 1. The van der Waals surface area contributed by atoms with Gasteiger partial charge in [0.15, 0.2) is 0 Å².